The standard InChI is InChI=1S/C16H20N2O4S/c1-10-4-5-12-13(8-10)16(21)18(15(12)20)7-6-14(19)17-9-11(2)23(3)22/h4-5,8,11H,6-7,9H2,1-3H3,(H,17,19)/t11-,23+/m1/s1. The summed E-state index contributed by atoms with van der Waals surface area (Å²) >= 11 is 0. The van der Waals surface area contributed by atoms with Crippen molar-refractivity contribution >= 4 is 28.5 Å². The van der Waals surface area contributed by atoms with Crippen molar-refractivity contribution in [2.75, 3.05) is 19.3 Å². The third kappa shape index (κ3) is 3.85. The maximum Gasteiger partial charge on any atom is 0.261 e. The van der Waals surface area contributed by atoms with Crippen LogP contribution >= 0.6 is 0 Å². The molecule has 7 heteroatoms. The lowest BCUT2D eigenvalue weighted by Gasteiger charge is -2.14. The van der Waals surface area contributed by atoms with Crippen molar-refractivity contribution in [3.05, 3.63) is 34.9 Å². The van der Waals surface area contributed by atoms with Gasteiger partial charge in [-0.25, -0.2) is 0 Å². The summed E-state index contributed by atoms with van der Waals surface area (Å²) in [5.41, 5.74) is 1.69. The van der Waals surface area contributed by atoms with Gasteiger partial charge < -0.3 is 5.32 Å². The smallest absolute Gasteiger partial charge is 0.261 e. The van der Waals surface area contributed by atoms with Crippen molar-refractivity contribution in [2.24, 2.45) is 0 Å². The maximum absolute atomic E-state index is 12.3. The maximum atomic E-state index is 12.3. The summed E-state index contributed by atoms with van der Waals surface area (Å²) in [7, 11) is -1.01. The minimum Gasteiger partial charge on any atom is -0.355 e. The van der Waals surface area contributed by atoms with Gasteiger partial charge in [-0.1, -0.05) is 11.6 Å². The van der Waals surface area contributed by atoms with Crippen LogP contribution < -0.4 is 5.32 Å². The largest absolute Gasteiger partial charge is 0.355 e. The molecule has 1 aromatic carbocycles. The molecule has 124 valence electrons. The van der Waals surface area contributed by atoms with E-state index in [9.17, 15) is 18.6 Å². The van der Waals surface area contributed by atoms with Gasteiger partial charge in [-0.2, -0.15) is 0 Å². The zero-order valence-electron chi connectivity index (χ0n) is 13.4. The van der Waals surface area contributed by atoms with Crippen LogP contribution in [0.4, 0.5) is 0 Å². The fourth-order valence-corrected chi connectivity index (χ4v) is 2.60. The summed E-state index contributed by atoms with van der Waals surface area (Å²) in [5, 5.41) is 2.53. The SMILES string of the molecule is Cc1ccc2c(c1)C(=O)N(CCC(=O)NC[C@@H](C)[S@](C)=O)C2=O. The van der Waals surface area contributed by atoms with Crippen LogP contribution in [0, 0.1) is 6.92 Å². The molecule has 1 aromatic rings. The first-order valence-electron chi connectivity index (χ1n) is 7.37. The highest BCUT2D eigenvalue weighted by atomic mass is 32.2. The molecule has 1 aliphatic heterocycles. The van der Waals surface area contributed by atoms with E-state index in [1.165, 1.54) is 0 Å². The van der Waals surface area contributed by atoms with E-state index in [-0.39, 0.29) is 35.9 Å². The highest BCUT2D eigenvalue weighted by molar-refractivity contribution is 7.84. The van der Waals surface area contributed by atoms with Gasteiger partial charge in [0.15, 0.2) is 0 Å². The lowest BCUT2D eigenvalue weighted by atomic mass is 10.1. The van der Waals surface area contributed by atoms with Crippen molar-refractivity contribution in [3.63, 3.8) is 0 Å². The number of amides is 3. The number of hydrogen-bond donors (Lipinski definition) is 1. The molecule has 3 amide bonds. The molecule has 0 aliphatic carbocycles. The van der Waals surface area contributed by atoms with Crippen molar-refractivity contribution < 1.29 is 18.6 Å². The van der Waals surface area contributed by atoms with Gasteiger partial charge in [0.05, 0.1) is 11.1 Å². The molecular weight excluding hydrogens is 316 g/mol. The number of nitrogens with one attached hydrogen (secondary N) is 1. The fourth-order valence-electron chi connectivity index (χ4n) is 2.28. The van der Waals surface area contributed by atoms with Gasteiger partial charge in [-0.3, -0.25) is 23.5 Å². The molecule has 1 heterocycles. The van der Waals surface area contributed by atoms with Gasteiger partial charge in [-0.05, 0) is 26.0 Å². The van der Waals surface area contributed by atoms with E-state index in [0.29, 0.717) is 17.7 Å². The molecule has 0 aromatic heterocycles. The Hall–Kier alpha value is -2.02. The summed E-state index contributed by atoms with van der Waals surface area (Å²) in [6.45, 7) is 3.99. The number of rotatable bonds is 6. The minimum atomic E-state index is -1.01. The molecule has 2 rings (SSSR count). The molecule has 1 aliphatic rings. The Balaban J connectivity index is 1.92. The summed E-state index contributed by atoms with van der Waals surface area (Å²) in [6.07, 6.45) is 1.62. The Bertz CT molecular complexity index is 687. The van der Waals surface area contributed by atoms with Crippen LogP contribution in [0.1, 0.15) is 39.6 Å². The third-order valence-corrected chi connectivity index (χ3v) is 5.14. The van der Waals surface area contributed by atoms with E-state index in [4.69, 9.17) is 0 Å². The number of carbonyl (C=O) groups excluding carboxylic acids is 3. The second kappa shape index (κ2) is 7.04. The first-order valence-corrected chi connectivity index (χ1v) is 8.99. The van der Waals surface area contributed by atoms with Gasteiger partial charge in [0, 0.05) is 41.8 Å². The zero-order chi connectivity index (χ0) is 17.1. The molecule has 0 bridgehead atoms. The number of fused-ring (bicyclic) bond motifs is 1. The molecule has 0 unspecified atom stereocenters. The molecule has 0 spiro atoms. The fraction of sp³-hybridized carbons (Fsp3) is 0.438. The van der Waals surface area contributed by atoms with Gasteiger partial charge in [-0.15, -0.1) is 0 Å². The second-order valence-corrected chi connectivity index (χ2v) is 7.48. The van der Waals surface area contributed by atoms with Crippen LogP contribution in [0.15, 0.2) is 18.2 Å². The molecule has 1 N–H and O–H groups in total. The number of benzene rings is 1. The number of aryl methyl sites for hydroxylation is 1. The third-order valence-electron chi connectivity index (χ3n) is 3.84. The van der Waals surface area contributed by atoms with E-state index in [1.807, 2.05) is 6.92 Å². The number of carbonyl (C=O) groups is 3. The molecule has 6 nitrogen and oxygen atoms in total. The Labute approximate surface area is 137 Å². The molecule has 23 heavy (non-hydrogen) atoms. The first-order chi connectivity index (χ1) is 10.8. The molecule has 0 saturated carbocycles. The Kier molecular flexibility index (Phi) is 5.30. The highest BCUT2D eigenvalue weighted by Crippen LogP contribution is 2.23. The topological polar surface area (TPSA) is 83.6 Å². The lowest BCUT2D eigenvalue weighted by Crippen LogP contribution is -2.37. The average Bonchev–Trinajstić information content (AvgIpc) is 2.73. The Morgan fingerprint density at radius 1 is 1.26 bits per heavy atom. The van der Waals surface area contributed by atoms with E-state index < -0.39 is 10.8 Å². The van der Waals surface area contributed by atoms with Crippen molar-refractivity contribution in [1.29, 1.82) is 0 Å². The lowest BCUT2D eigenvalue weighted by molar-refractivity contribution is -0.121. The predicted molar refractivity (Wildman–Crippen MR) is 87.7 cm³/mol. The van der Waals surface area contributed by atoms with E-state index in [2.05, 4.69) is 5.32 Å². The van der Waals surface area contributed by atoms with Crippen molar-refractivity contribution in [1.82, 2.24) is 10.2 Å². The highest BCUT2D eigenvalue weighted by Gasteiger charge is 2.35. The number of nitrogens with zero attached hydrogens (tertiary/aromatic N) is 1. The van der Waals surface area contributed by atoms with E-state index >= 15 is 0 Å². The van der Waals surface area contributed by atoms with Crippen LogP contribution in [0.5, 0.6) is 0 Å². The van der Waals surface area contributed by atoms with E-state index in [0.717, 1.165) is 10.5 Å². The zero-order valence-corrected chi connectivity index (χ0v) is 14.2. The monoisotopic (exact) mass is 336 g/mol. The molecule has 0 saturated heterocycles. The van der Waals surface area contributed by atoms with Gasteiger partial charge in [0.25, 0.3) is 11.8 Å². The van der Waals surface area contributed by atoms with Crippen LogP contribution in [0.2, 0.25) is 0 Å². The van der Waals surface area contributed by atoms with Crippen LogP contribution in [0.25, 0.3) is 0 Å². The number of hydrogen-bond acceptors (Lipinski definition) is 4. The van der Waals surface area contributed by atoms with Crippen LogP contribution in [0.3, 0.4) is 0 Å². The second-order valence-electron chi connectivity index (χ2n) is 5.67. The summed E-state index contributed by atoms with van der Waals surface area (Å²) < 4.78 is 11.2. The predicted octanol–water partition coefficient (Wildman–Crippen LogP) is 0.864. The van der Waals surface area contributed by atoms with Gasteiger partial charge in [0.2, 0.25) is 5.91 Å². The van der Waals surface area contributed by atoms with E-state index in [1.54, 1.807) is 31.4 Å². The quantitative estimate of drug-likeness (QED) is 0.781. The molecular formula is C16H20N2O4S. The van der Waals surface area contributed by atoms with Crippen molar-refractivity contribution in [2.45, 2.75) is 25.5 Å². The van der Waals surface area contributed by atoms with Crippen LogP contribution in [-0.2, 0) is 15.6 Å². The molecule has 0 fully saturated rings. The average molecular weight is 336 g/mol. The Morgan fingerprint density at radius 3 is 2.57 bits per heavy atom. The normalized spacial score (nSPS) is 16.2. The first kappa shape index (κ1) is 17.3. The van der Waals surface area contributed by atoms with Gasteiger partial charge >= 0.3 is 0 Å². The van der Waals surface area contributed by atoms with Gasteiger partial charge in [0.1, 0.15) is 0 Å². The van der Waals surface area contributed by atoms with Crippen molar-refractivity contribution in [3.8, 4) is 0 Å². The Morgan fingerprint density at radius 2 is 1.91 bits per heavy atom. The van der Waals surface area contributed by atoms with Crippen LogP contribution in [-0.4, -0.2) is 51.4 Å². The summed E-state index contributed by atoms with van der Waals surface area (Å²) in [5.74, 6) is -0.986. The minimum absolute atomic E-state index is 0.0352. The number of imide groups is 1. The molecule has 0 radical (unpaired) electrons. The summed E-state index contributed by atoms with van der Waals surface area (Å²) in [6, 6.07) is 5.11. The summed E-state index contributed by atoms with van der Waals surface area (Å²) in [4.78, 5) is 37.4. The molecule has 2 atom stereocenters.